The first kappa shape index (κ1) is 15.3. The zero-order valence-electron chi connectivity index (χ0n) is 10.1. The van der Waals surface area contributed by atoms with Crippen LogP contribution in [0, 0.1) is 0 Å². The largest absolute Gasteiger partial charge is 0.418 e. The minimum Gasteiger partial charge on any atom is -0.393 e. The fourth-order valence-electron chi connectivity index (χ4n) is 1.71. The fraction of sp³-hybridized carbons (Fsp3) is 0.500. The molecule has 2 nitrogen and oxygen atoms in total. The summed E-state index contributed by atoms with van der Waals surface area (Å²) in [6, 6.07) is 3.72. The number of anilines is 1. The molecule has 0 saturated carbocycles. The van der Waals surface area contributed by atoms with Crippen LogP contribution in [0.5, 0.6) is 0 Å². The topological polar surface area (TPSA) is 32.3 Å². The second kappa shape index (κ2) is 5.93. The zero-order chi connectivity index (χ0) is 13.9. The number of hydrogen-bond acceptors (Lipinski definition) is 2. The minimum atomic E-state index is -4.41. The molecule has 1 rings (SSSR count). The van der Waals surface area contributed by atoms with Crippen molar-refractivity contribution < 1.29 is 18.3 Å². The molecular formula is C12H15BrF3NO. The van der Waals surface area contributed by atoms with Crippen LogP contribution in [-0.2, 0) is 6.18 Å². The summed E-state index contributed by atoms with van der Waals surface area (Å²) in [6.07, 6.45) is -4.58. The maximum absolute atomic E-state index is 12.8. The van der Waals surface area contributed by atoms with E-state index in [4.69, 9.17) is 0 Å². The van der Waals surface area contributed by atoms with Gasteiger partial charge in [-0.1, -0.05) is 15.9 Å². The van der Waals surface area contributed by atoms with E-state index in [1.807, 2.05) is 0 Å². The molecule has 102 valence electrons. The third kappa shape index (κ3) is 4.49. The van der Waals surface area contributed by atoms with Crippen molar-refractivity contribution in [2.45, 2.75) is 38.6 Å². The predicted octanol–water partition coefficient (Wildman–Crippen LogP) is 4.04. The summed E-state index contributed by atoms with van der Waals surface area (Å²) in [7, 11) is 0. The van der Waals surface area contributed by atoms with Gasteiger partial charge in [-0.15, -0.1) is 0 Å². The molecule has 0 bridgehead atoms. The number of halogens is 4. The first-order valence-corrected chi connectivity index (χ1v) is 6.31. The van der Waals surface area contributed by atoms with Crippen LogP contribution in [0.15, 0.2) is 22.7 Å². The Morgan fingerprint density at radius 3 is 2.44 bits per heavy atom. The zero-order valence-corrected chi connectivity index (χ0v) is 11.6. The highest BCUT2D eigenvalue weighted by atomic mass is 79.9. The van der Waals surface area contributed by atoms with Crippen LogP contribution in [0.2, 0.25) is 0 Å². The monoisotopic (exact) mass is 325 g/mol. The Morgan fingerprint density at radius 2 is 1.94 bits per heavy atom. The maximum Gasteiger partial charge on any atom is 0.418 e. The normalized spacial score (nSPS) is 15.3. The lowest BCUT2D eigenvalue weighted by atomic mass is 10.1. The highest BCUT2D eigenvalue weighted by molar-refractivity contribution is 9.10. The van der Waals surface area contributed by atoms with Gasteiger partial charge in [0.25, 0.3) is 0 Å². The molecule has 0 aliphatic heterocycles. The van der Waals surface area contributed by atoms with E-state index in [9.17, 15) is 18.3 Å². The van der Waals surface area contributed by atoms with Crippen LogP contribution < -0.4 is 5.32 Å². The summed E-state index contributed by atoms with van der Waals surface area (Å²) < 4.78 is 38.9. The summed E-state index contributed by atoms with van der Waals surface area (Å²) in [5.74, 6) is 0. The van der Waals surface area contributed by atoms with E-state index in [0.717, 1.165) is 6.07 Å². The molecule has 0 aliphatic carbocycles. The Labute approximate surface area is 112 Å². The first-order valence-electron chi connectivity index (χ1n) is 5.51. The van der Waals surface area contributed by atoms with Gasteiger partial charge in [-0.05, 0) is 38.5 Å². The molecule has 0 heterocycles. The van der Waals surface area contributed by atoms with E-state index in [-0.39, 0.29) is 11.7 Å². The van der Waals surface area contributed by atoms with Gasteiger partial charge < -0.3 is 10.4 Å². The SMILES string of the molecule is CC(O)CC(C)Nc1ccc(Br)cc1C(F)(F)F. The molecule has 2 atom stereocenters. The van der Waals surface area contributed by atoms with Crippen LogP contribution >= 0.6 is 15.9 Å². The van der Waals surface area contributed by atoms with Crippen molar-refractivity contribution in [3.8, 4) is 0 Å². The molecule has 0 saturated heterocycles. The van der Waals surface area contributed by atoms with Gasteiger partial charge in [-0.3, -0.25) is 0 Å². The van der Waals surface area contributed by atoms with Gasteiger partial charge in [0.05, 0.1) is 11.7 Å². The van der Waals surface area contributed by atoms with Gasteiger partial charge in [0.1, 0.15) is 0 Å². The average Bonchev–Trinajstić information content (AvgIpc) is 2.17. The summed E-state index contributed by atoms with van der Waals surface area (Å²) in [4.78, 5) is 0. The van der Waals surface area contributed by atoms with E-state index < -0.39 is 17.8 Å². The molecule has 2 N–H and O–H groups in total. The van der Waals surface area contributed by atoms with E-state index in [1.54, 1.807) is 19.9 Å². The van der Waals surface area contributed by atoms with Crippen LogP contribution in [-0.4, -0.2) is 17.3 Å². The van der Waals surface area contributed by atoms with E-state index in [0.29, 0.717) is 10.9 Å². The van der Waals surface area contributed by atoms with Crippen molar-refractivity contribution in [2.75, 3.05) is 5.32 Å². The van der Waals surface area contributed by atoms with Gasteiger partial charge in [-0.2, -0.15) is 13.2 Å². The Balaban J connectivity index is 2.95. The Morgan fingerprint density at radius 1 is 1.33 bits per heavy atom. The van der Waals surface area contributed by atoms with Crippen LogP contribution in [0.3, 0.4) is 0 Å². The van der Waals surface area contributed by atoms with Crippen molar-refractivity contribution in [1.29, 1.82) is 0 Å². The highest BCUT2D eigenvalue weighted by Gasteiger charge is 2.34. The minimum absolute atomic E-state index is 0.0267. The molecule has 6 heteroatoms. The molecule has 1 aromatic rings. The van der Waals surface area contributed by atoms with E-state index >= 15 is 0 Å². The number of rotatable bonds is 4. The summed E-state index contributed by atoms with van der Waals surface area (Å²) in [5, 5.41) is 12.0. The fourth-order valence-corrected chi connectivity index (χ4v) is 2.07. The number of aliphatic hydroxyl groups is 1. The van der Waals surface area contributed by atoms with Crippen molar-refractivity contribution in [1.82, 2.24) is 0 Å². The summed E-state index contributed by atoms with van der Waals surface area (Å²) >= 11 is 3.03. The Bertz CT molecular complexity index is 407. The smallest absolute Gasteiger partial charge is 0.393 e. The van der Waals surface area contributed by atoms with Crippen LogP contribution in [0.4, 0.5) is 18.9 Å². The Hall–Kier alpha value is -0.750. The predicted molar refractivity (Wildman–Crippen MR) is 68.5 cm³/mol. The van der Waals surface area contributed by atoms with Crippen molar-refractivity contribution >= 4 is 21.6 Å². The average molecular weight is 326 g/mol. The third-order valence-electron chi connectivity index (χ3n) is 2.38. The lowest BCUT2D eigenvalue weighted by molar-refractivity contribution is -0.137. The van der Waals surface area contributed by atoms with Gasteiger partial charge in [-0.25, -0.2) is 0 Å². The molecule has 0 fully saturated rings. The van der Waals surface area contributed by atoms with Crippen LogP contribution in [0.25, 0.3) is 0 Å². The van der Waals surface area contributed by atoms with Crippen LogP contribution in [0.1, 0.15) is 25.8 Å². The van der Waals surface area contributed by atoms with Crippen molar-refractivity contribution in [3.05, 3.63) is 28.2 Å². The molecule has 1 aromatic carbocycles. The lowest BCUT2D eigenvalue weighted by Crippen LogP contribution is -2.22. The van der Waals surface area contributed by atoms with Gasteiger partial charge in [0.2, 0.25) is 0 Å². The highest BCUT2D eigenvalue weighted by Crippen LogP contribution is 2.36. The maximum atomic E-state index is 12.8. The third-order valence-corrected chi connectivity index (χ3v) is 2.88. The molecular weight excluding hydrogens is 311 g/mol. The number of hydrogen-bond donors (Lipinski definition) is 2. The van der Waals surface area contributed by atoms with E-state index in [1.165, 1.54) is 6.07 Å². The summed E-state index contributed by atoms with van der Waals surface area (Å²) in [5.41, 5.74) is -0.687. The number of aliphatic hydroxyl groups excluding tert-OH is 1. The molecule has 0 aromatic heterocycles. The number of alkyl halides is 3. The Kier molecular flexibility index (Phi) is 5.04. The molecule has 18 heavy (non-hydrogen) atoms. The second-order valence-electron chi connectivity index (χ2n) is 4.32. The summed E-state index contributed by atoms with van der Waals surface area (Å²) in [6.45, 7) is 3.33. The number of nitrogens with one attached hydrogen (secondary N) is 1. The van der Waals surface area contributed by atoms with Gasteiger partial charge in [0.15, 0.2) is 0 Å². The van der Waals surface area contributed by atoms with Crippen molar-refractivity contribution in [2.24, 2.45) is 0 Å². The lowest BCUT2D eigenvalue weighted by Gasteiger charge is -2.20. The molecule has 2 unspecified atom stereocenters. The standard InChI is InChI=1S/C12H15BrF3NO/c1-7(5-8(2)18)17-11-4-3-9(13)6-10(11)12(14,15)16/h3-4,6-8,17-18H,5H2,1-2H3. The molecule has 0 amide bonds. The second-order valence-corrected chi connectivity index (χ2v) is 5.23. The first-order chi connectivity index (χ1) is 8.20. The van der Waals surface area contributed by atoms with Gasteiger partial charge in [0, 0.05) is 16.2 Å². The number of benzene rings is 1. The van der Waals surface area contributed by atoms with Crippen molar-refractivity contribution in [3.63, 3.8) is 0 Å². The van der Waals surface area contributed by atoms with E-state index in [2.05, 4.69) is 21.2 Å². The molecule has 0 aliphatic rings. The molecule has 0 spiro atoms. The molecule has 0 radical (unpaired) electrons. The van der Waals surface area contributed by atoms with Gasteiger partial charge >= 0.3 is 6.18 Å². The quantitative estimate of drug-likeness (QED) is 0.875.